The van der Waals surface area contributed by atoms with E-state index in [0.717, 1.165) is 70.6 Å². The van der Waals surface area contributed by atoms with Crippen LogP contribution in [-0.2, 0) is 14.3 Å². The Kier molecular flexibility index (Phi) is 51.0. The Hall–Kier alpha value is -2.18. The molecule has 6 heteroatoms. The molecule has 0 aromatic carbocycles. The zero-order valence-electron chi connectivity index (χ0n) is 43.4. The predicted molar refractivity (Wildman–Crippen MR) is 282 cm³/mol. The van der Waals surface area contributed by atoms with Gasteiger partial charge in [0.2, 0.25) is 5.91 Å². The van der Waals surface area contributed by atoms with E-state index in [4.69, 9.17) is 4.74 Å². The van der Waals surface area contributed by atoms with Crippen molar-refractivity contribution in [3.8, 4) is 0 Å². The van der Waals surface area contributed by atoms with Crippen molar-refractivity contribution in [2.45, 2.75) is 309 Å². The van der Waals surface area contributed by atoms with Crippen LogP contribution in [0.25, 0.3) is 0 Å². The number of amides is 1. The minimum absolute atomic E-state index is 0.0545. The smallest absolute Gasteiger partial charge is 0.306 e. The van der Waals surface area contributed by atoms with Crippen LogP contribution in [-0.4, -0.2) is 46.9 Å². The lowest BCUT2D eigenvalue weighted by molar-refractivity contribution is -0.151. The van der Waals surface area contributed by atoms with Crippen LogP contribution < -0.4 is 5.32 Å². The summed E-state index contributed by atoms with van der Waals surface area (Å²) in [5, 5.41) is 23.9. The Morgan fingerprint density at radius 2 is 0.785 bits per heavy atom. The number of rotatable bonds is 51. The van der Waals surface area contributed by atoms with Gasteiger partial charge in [0, 0.05) is 6.42 Å². The zero-order valence-corrected chi connectivity index (χ0v) is 43.4. The first-order valence-corrected chi connectivity index (χ1v) is 28.4. The number of nitrogens with one attached hydrogen (secondary N) is 1. The molecule has 0 fully saturated rings. The average Bonchev–Trinajstić information content (AvgIpc) is 3.30. The molecule has 3 N–H and O–H groups in total. The molecule has 0 aliphatic carbocycles. The molecule has 65 heavy (non-hydrogen) atoms. The molecule has 0 aliphatic heterocycles. The average molecular weight is 913 g/mol. The summed E-state index contributed by atoms with van der Waals surface area (Å²) >= 11 is 0. The fraction of sp³-hybridized carbons (Fsp3) is 0.831. The summed E-state index contributed by atoms with van der Waals surface area (Å²) in [6.07, 6.45) is 64.5. The molecular formula is C59H109NO5. The van der Waals surface area contributed by atoms with Gasteiger partial charge in [-0.1, -0.05) is 275 Å². The number of carbonyl (C=O) groups is 2. The van der Waals surface area contributed by atoms with Gasteiger partial charge in [0.15, 0.2) is 0 Å². The standard InChI is InChI=1S/C59H109NO5/c1-4-7-10-13-16-19-22-25-28-30-32-35-38-41-44-47-50-55(65-59(64)52-49-46-43-40-37-34-27-24-21-18-15-12-9-6-3)53-58(63)60-56(54-61)57(62)51-48-45-42-39-36-33-31-29-26-23-20-17-14-11-8-5-2/h16,19,22,25,28,30,32,35,55-57,61-62H,4-15,17-18,20-21,23-24,26-27,29,31,33-34,36-54H2,1-3H3,(H,60,63)/b19-16+,25-22+,30-28+,35-32+. The highest BCUT2D eigenvalue weighted by Crippen LogP contribution is 2.18. The van der Waals surface area contributed by atoms with E-state index < -0.39 is 18.2 Å². The molecule has 0 rings (SSSR count). The van der Waals surface area contributed by atoms with Crippen molar-refractivity contribution < 1.29 is 24.5 Å². The second-order valence-electron chi connectivity index (χ2n) is 19.4. The predicted octanol–water partition coefficient (Wildman–Crippen LogP) is 17.4. The Bertz CT molecular complexity index is 1110. The molecule has 0 aromatic heterocycles. The third kappa shape index (κ3) is 48.1. The summed E-state index contributed by atoms with van der Waals surface area (Å²) in [4.78, 5) is 26.2. The molecule has 0 spiro atoms. The lowest BCUT2D eigenvalue weighted by atomic mass is 10.0. The van der Waals surface area contributed by atoms with Crippen LogP contribution in [0.5, 0.6) is 0 Å². The maximum atomic E-state index is 13.3. The highest BCUT2D eigenvalue weighted by Gasteiger charge is 2.24. The van der Waals surface area contributed by atoms with Gasteiger partial charge in [0.25, 0.3) is 0 Å². The third-order valence-electron chi connectivity index (χ3n) is 13.0. The molecule has 6 nitrogen and oxygen atoms in total. The van der Waals surface area contributed by atoms with E-state index in [2.05, 4.69) is 74.7 Å². The summed E-state index contributed by atoms with van der Waals surface area (Å²) in [6.45, 7) is 6.46. The summed E-state index contributed by atoms with van der Waals surface area (Å²) < 4.78 is 5.94. The molecule has 0 aliphatic rings. The first-order valence-electron chi connectivity index (χ1n) is 28.4. The van der Waals surface area contributed by atoms with Crippen molar-refractivity contribution in [1.29, 1.82) is 0 Å². The molecule has 0 saturated carbocycles. The molecule has 380 valence electrons. The maximum Gasteiger partial charge on any atom is 0.306 e. The fourth-order valence-corrected chi connectivity index (χ4v) is 8.68. The zero-order chi connectivity index (χ0) is 47.4. The number of allylic oxidation sites excluding steroid dienone is 8. The molecule has 3 unspecified atom stereocenters. The number of aliphatic hydroxyl groups is 2. The monoisotopic (exact) mass is 912 g/mol. The summed E-state index contributed by atoms with van der Waals surface area (Å²) in [5.41, 5.74) is 0. The van der Waals surface area contributed by atoms with Crippen LogP contribution in [0.2, 0.25) is 0 Å². The summed E-state index contributed by atoms with van der Waals surface area (Å²) in [7, 11) is 0. The number of esters is 1. The Balaban J connectivity index is 4.61. The van der Waals surface area contributed by atoms with Crippen LogP contribution in [0, 0.1) is 0 Å². The van der Waals surface area contributed by atoms with Gasteiger partial charge in [0.1, 0.15) is 6.10 Å². The van der Waals surface area contributed by atoms with Gasteiger partial charge >= 0.3 is 5.97 Å². The van der Waals surface area contributed by atoms with Crippen LogP contribution in [0.4, 0.5) is 0 Å². The maximum absolute atomic E-state index is 13.3. The van der Waals surface area contributed by atoms with Crippen LogP contribution in [0.3, 0.4) is 0 Å². The van der Waals surface area contributed by atoms with Crippen LogP contribution in [0.15, 0.2) is 48.6 Å². The first kappa shape index (κ1) is 62.8. The van der Waals surface area contributed by atoms with Gasteiger partial charge in [-0.3, -0.25) is 9.59 Å². The number of hydrogen-bond acceptors (Lipinski definition) is 5. The van der Waals surface area contributed by atoms with Crippen molar-refractivity contribution in [3.05, 3.63) is 48.6 Å². The van der Waals surface area contributed by atoms with Crippen LogP contribution >= 0.6 is 0 Å². The van der Waals surface area contributed by atoms with E-state index in [9.17, 15) is 19.8 Å². The third-order valence-corrected chi connectivity index (χ3v) is 13.0. The summed E-state index contributed by atoms with van der Waals surface area (Å²) in [6, 6.07) is -0.714. The van der Waals surface area contributed by atoms with Crippen molar-refractivity contribution >= 4 is 11.9 Å². The number of ether oxygens (including phenoxy) is 1. The van der Waals surface area contributed by atoms with E-state index in [0.29, 0.717) is 19.3 Å². The highest BCUT2D eigenvalue weighted by molar-refractivity contribution is 5.77. The highest BCUT2D eigenvalue weighted by atomic mass is 16.5. The molecule has 0 saturated heterocycles. The van der Waals surface area contributed by atoms with E-state index in [1.165, 1.54) is 173 Å². The molecule has 0 bridgehead atoms. The topological polar surface area (TPSA) is 95.9 Å². The Morgan fingerprint density at radius 1 is 0.446 bits per heavy atom. The molecule has 0 radical (unpaired) electrons. The van der Waals surface area contributed by atoms with E-state index in [1.54, 1.807) is 0 Å². The molecular weight excluding hydrogens is 803 g/mol. The quantitative estimate of drug-likeness (QED) is 0.0321. The van der Waals surface area contributed by atoms with Crippen molar-refractivity contribution in [2.24, 2.45) is 0 Å². The second-order valence-corrected chi connectivity index (χ2v) is 19.4. The minimum atomic E-state index is -0.798. The van der Waals surface area contributed by atoms with Gasteiger partial charge in [-0.05, 0) is 51.4 Å². The van der Waals surface area contributed by atoms with Crippen LogP contribution in [0.1, 0.15) is 290 Å². The molecule has 0 heterocycles. The largest absolute Gasteiger partial charge is 0.462 e. The Morgan fingerprint density at radius 3 is 1.22 bits per heavy atom. The minimum Gasteiger partial charge on any atom is -0.462 e. The van der Waals surface area contributed by atoms with Gasteiger partial charge in [-0.25, -0.2) is 0 Å². The molecule has 0 aromatic rings. The number of unbranched alkanes of at least 4 members (excludes halogenated alkanes) is 34. The lowest BCUT2D eigenvalue weighted by Crippen LogP contribution is -2.46. The SMILES string of the molecule is CCCCC/C=C/C=C/C=C/C=C/CCCCCC(CC(=O)NC(CO)C(O)CCCCCCCCCCCCCCCCCC)OC(=O)CCCCCCCCCCCCCCCC. The van der Waals surface area contributed by atoms with E-state index in [-0.39, 0.29) is 24.9 Å². The van der Waals surface area contributed by atoms with E-state index >= 15 is 0 Å². The van der Waals surface area contributed by atoms with Gasteiger partial charge in [0.05, 0.1) is 25.2 Å². The lowest BCUT2D eigenvalue weighted by Gasteiger charge is -2.24. The van der Waals surface area contributed by atoms with Crippen molar-refractivity contribution in [1.82, 2.24) is 5.32 Å². The normalized spacial score (nSPS) is 13.5. The molecule has 1 amide bonds. The second kappa shape index (κ2) is 52.8. The first-order chi connectivity index (χ1) is 32.0. The van der Waals surface area contributed by atoms with E-state index in [1.807, 2.05) is 0 Å². The number of hydrogen-bond donors (Lipinski definition) is 3. The number of aliphatic hydroxyl groups excluding tert-OH is 2. The van der Waals surface area contributed by atoms with Crippen molar-refractivity contribution in [2.75, 3.05) is 6.61 Å². The summed E-state index contributed by atoms with van der Waals surface area (Å²) in [5.74, 6) is -0.500. The van der Waals surface area contributed by atoms with Crippen molar-refractivity contribution in [3.63, 3.8) is 0 Å². The van der Waals surface area contributed by atoms with Gasteiger partial charge < -0.3 is 20.3 Å². The van der Waals surface area contributed by atoms with Gasteiger partial charge in [-0.2, -0.15) is 0 Å². The Labute approximate surface area is 404 Å². The van der Waals surface area contributed by atoms with Gasteiger partial charge in [-0.15, -0.1) is 0 Å². The molecule has 3 atom stereocenters. The number of carbonyl (C=O) groups excluding carboxylic acids is 2. The fourth-order valence-electron chi connectivity index (χ4n) is 8.68.